The lowest BCUT2D eigenvalue weighted by Gasteiger charge is -2.22. The molecule has 2 aliphatic heterocycles. The molecule has 2 unspecified atom stereocenters. The van der Waals surface area contributed by atoms with Gasteiger partial charge in [-0.15, -0.1) is 12.4 Å². The fourth-order valence-corrected chi connectivity index (χ4v) is 3.98. The topological polar surface area (TPSA) is 88.6 Å². The number of rotatable bonds is 2. The molecular formula is C17H19ClFN3O3. The average molecular weight is 368 g/mol. The largest absolute Gasteiger partial charge is 0.477 e. The first-order valence-electron chi connectivity index (χ1n) is 8.02. The molecule has 1 aromatic heterocycles. The van der Waals surface area contributed by atoms with E-state index in [0.29, 0.717) is 30.7 Å². The van der Waals surface area contributed by atoms with E-state index < -0.39 is 17.2 Å². The van der Waals surface area contributed by atoms with Crippen molar-refractivity contribution in [2.45, 2.75) is 31.8 Å². The average Bonchev–Trinajstić information content (AvgIpc) is 3.06. The summed E-state index contributed by atoms with van der Waals surface area (Å²) in [7, 11) is 0. The first-order chi connectivity index (χ1) is 11.4. The van der Waals surface area contributed by atoms with E-state index in [-0.39, 0.29) is 35.4 Å². The van der Waals surface area contributed by atoms with Gasteiger partial charge in [0.25, 0.3) is 0 Å². The lowest BCUT2D eigenvalue weighted by Crippen LogP contribution is -2.28. The molecule has 3 N–H and O–H groups in total. The highest BCUT2D eigenvalue weighted by atomic mass is 35.5. The van der Waals surface area contributed by atoms with Gasteiger partial charge in [0.05, 0.1) is 11.2 Å². The second-order valence-electron chi connectivity index (χ2n) is 6.71. The first kappa shape index (κ1) is 17.7. The Bertz CT molecular complexity index is 943. The van der Waals surface area contributed by atoms with Crippen molar-refractivity contribution in [3.05, 3.63) is 39.4 Å². The van der Waals surface area contributed by atoms with Crippen LogP contribution in [0.2, 0.25) is 0 Å². The van der Waals surface area contributed by atoms with Crippen molar-refractivity contribution >= 4 is 35.0 Å². The number of hydrogen-bond donors (Lipinski definition) is 2. The van der Waals surface area contributed by atoms with Gasteiger partial charge in [0.2, 0.25) is 5.43 Å². The van der Waals surface area contributed by atoms with E-state index in [4.69, 9.17) is 5.73 Å². The molecule has 2 aromatic rings. The predicted octanol–water partition coefficient (Wildman–Crippen LogP) is 1.92. The highest BCUT2D eigenvalue weighted by Gasteiger charge is 2.32. The van der Waals surface area contributed by atoms with Crippen molar-refractivity contribution in [3.63, 3.8) is 0 Å². The monoisotopic (exact) mass is 367 g/mol. The van der Waals surface area contributed by atoms with Gasteiger partial charge in [-0.05, 0) is 25.8 Å². The molecule has 1 fully saturated rings. The molecule has 0 aliphatic carbocycles. The lowest BCUT2D eigenvalue weighted by atomic mass is 10.0. The molecule has 1 saturated heterocycles. The molecule has 0 saturated carbocycles. The van der Waals surface area contributed by atoms with Gasteiger partial charge in [0.1, 0.15) is 11.4 Å². The van der Waals surface area contributed by atoms with Crippen molar-refractivity contribution in [3.8, 4) is 0 Å². The summed E-state index contributed by atoms with van der Waals surface area (Å²) < 4.78 is 16.6. The van der Waals surface area contributed by atoms with Crippen molar-refractivity contribution in [1.29, 1.82) is 0 Å². The van der Waals surface area contributed by atoms with Crippen molar-refractivity contribution < 1.29 is 14.3 Å². The van der Waals surface area contributed by atoms with Crippen molar-refractivity contribution in [2.24, 2.45) is 5.73 Å². The quantitative estimate of drug-likeness (QED) is 0.846. The van der Waals surface area contributed by atoms with E-state index in [9.17, 15) is 19.1 Å². The Morgan fingerprint density at radius 2 is 2.16 bits per heavy atom. The highest BCUT2D eigenvalue weighted by Crippen LogP contribution is 2.40. The van der Waals surface area contributed by atoms with Gasteiger partial charge in [-0.1, -0.05) is 0 Å². The van der Waals surface area contributed by atoms with Gasteiger partial charge in [-0.3, -0.25) is 4.79 Å². The molecule has 0 radical (unpaired) electrons. The molecule has 0 amide bonds. The van der Waals surface area contributed by atoms with Crippen LogP contribution in [-0.4, -0.2) is 34.8 Å². The molecule has 2 aliphatic rings. The number of aromatic carboxylic acids is 1. The Morgan fingerprint density at radius 3 is 2.76 bits per heavy atom. The van der Waals surface area contributed by atoms with E-state index >= 15 is 0 Å². The van der Waals surface area contributed by atoms with Crippen LogP contribution in [0, 0.1) is 5.82 Å². The summed E-state index contributed by atoms with van der Waals surface area (Å²) in [5, 5.41) is 9.38. The van der Waals surface area contributed by atoms with Gasteiger partial charge in [0, 0.05) is 42.3 Å². The fourth-order valence-electron chi connectivity index (χ4n) is 3.98. The minimum absolute atomic E-state index is 0. The van der Waals surface area contributed by atoms with Crippen LogP contribution in [-0.2, 0) is 6.42 Å². The van der Waals surface area contributed by atoms with Gasteiger partial charge in [-0.25, -0.2) is 9.18 Å². The number of aromatic nitrogens is 1. The summed E-state index contributed by atoms with van der Waals surface area (Å²) in [5.74, 6) is -1.77. The van der Waals surface area contributed by atoms with Crippen LogP contribution in [0.25, 0.3) is 10.9 Å². The normalized spacial score (nSPS) is 21.6. The molecule has 25 heavy (non-hydrogen) atoms. The van der Waals surface area contributed by atoms with Crippen LogP contribution < -0.4 is 16.1 Å². The molecule has 4 rings (SSSR count). The molecule has 0 bridgehead atoms. The molecular weight excluding hydrogens is 349 g/mol. The molecule has 3 heterocycles. The lowest BCUT2D eigenvalue weighted by molar-refractivity contribution is 0.0694. The molecule has 8 heteroatoms. The Labute approximate surface area is 149 Å². The predicted molar refractivity (Wildman–Crippen MR) is 95.6 cm³/mol. The molecule has 1 aromatic carbocycles. The maximum Gasteiger partial charge on any atom is 0.341 e. The highest BCUT2D eigenvalue weighted by molar-refractivity contribution is 5.96. The Balaban J connectivity index is 0.00000182. The summed E-state index contributed by atoms with van der Waals surface area (Å²) >= 11 is 0. The van der Waals surface area contributed by atoms with Gasteiger partial charge in [-0.2, -0.15) is 0 Å². The number of pyridine rings is 1. The number of carboxylic acid groups (broad SMARTS) is 1. The number of nitrogens with two attached hydrogens (primary N) is 1. The molecule has 2 atom stereocenters. The first-order valence-corrected chi connectivity index (χ1v) is 8.02. The number of carbonyl (C=O) groups is 1. The van der Waals surface area contributed by atoms with Crippen LogP contribution in [0.1, 0.15) is 35.3 Å². The summed E-state index contributed by atoms with van der Waals surface area (Å²) in [5.41, 5.74) is 6.93. The molecule has 6 nitrogen and oxygen atoms in total. The van der Waals surface area contributed by atoms with Crippen LogP contribution in [0.4, 0.5) is 10.1 Å². The van der Waals surface area contributed by atoms with Crippen molar-refractivity contribution in [1.82, 2.24) is 4.57 Å². The Hall–Kier alpha value is -2.12. The standard InChI is InChI=1S/C17H18FN3O3.ClH/c1-8-4-10-14-11(16(22)12(17(23)24)7-21(8)14)5-13(18)15(10)20-3-2-9(19)6-20;/h5,7-9H,2-4,6,19H2,1H3,(H,23,24);1H. The number of nitrogens with zero attached hydrogens (tertiary/aromatic N) is 2. The van der Waals surface area contributed by atoms with Crippen LogP contribution >= 0.6 is 12.4 Å². The summed E-state index contributed by atoms with van der Waals surface area (Å²) in [6.45, 7) is 3.20. The zero-order valence-corrected chi connectivity index (χ0v) is 14.5. The van der Waals surface area contributed by atoms with E-state index in [1.165, 1.54) is 12.3 Å². The van der Waals surface area contributed by atoms with Crippen LogP contribution in [0.15, 0.2) is 17.1 Å². The molecule has 0 spiro atoms. The van der Waals surface area contributed by atoms with Crippen LogP contribution in [0.5, 0.6) is 0 Å². The maximum atomic E-state index is 14.8. The maximum absolute atomic E-state index is 14.8. The third-order valence-corrected chi connectivity index (χ3v) is 5.09. The second-order valence-corrected chi connectivity index (χ2v) is 6.71. The molecule has 134 valence electrons. The minimum Gasteiger partial charge on any atom is -0.477 e. The summed E-state index contributed by atoms with van der Waals surface area (Å²) in [4.78, 5) is 25.7. The Kier molecular flexibility index (Phi) is 4.25. The number of halogens is 2. The van der Waals surface area contributed by atoms with E-state index in [1.54, 1.807) is 4.57 Å². The third kappa shape index (κ3) is 2.49. The second kappa shape index (κ2) is 6.00. The summed E-state index contributed by atoms with van der Waals surface area (Å²) in [6.07, 6.45) is 2.75. The van der Waals surface area contributed by atoms with Crippen LogP contribution in [0.3, 0.4) is 0 Å². The number of carboxylic acids is 1. The SMILES string of the molecule is CC1Cc2c(N3CCC(N)C3)c(F)cc3c(=O)c(C(=O)O)cn1c23.Cl. The summed E-state index contributed by atoms with van der Waals surface area (Å²) in [6, 6.07) is 1.17. The minimum atomic E-state index is -1.29. The van der Waals surface area contributed by atoms with Crippen molar-refractivity contribution in [2.75, 3.05) is 18.0 Å². The zero-order valence-electron chi connectivity index (χ0n) is 13.7. The van der Waals surface area contributed by atoms with Gasteiger partial charge >= 0.3 is 5.97 Å². The van der Waals surface area contributed by atoms with Gasteiger partial charge in [0.15, 0.2) is 0 Å². The van der Waals surface area contributed by atoms with E-state index in [1.807, 2.05) is 11.8 Å². The number of hydrogen-bond acceptors (Lipinski definition) is 4. The Morgan fingerprint density at radius 1 is 1.44 bits per heavy atom. The smallest absolute Gasteiger partial charge is 0.341 e. The van der Waals surface area contributed by atoms with E-state index in [2.05, 4.69) is 0 Å². The van der Waals surface area contributed by atoms with Gasteiger partial charge < -0.3 is 20.3 Å². The number of anilines is 1. The third-order valence-electron chi connectivity index (χ3n) is 5.09. The number of benzene rings is 1. The fraction of sp³-hybridized carbons (Fsp3) is 0.412. The van der Waals surface area contributed by atoms with E-state index in [0.717, 1.165) is 12.0 Å². The zero-order chi connectivity index (χ0) is 17.2.